The third kappa shape index (κ3) is 14.7. The van der Waals surface area contributed by atoms with Crippen LogP contribution in [0.3, 0.4) is 0 Å². The number of carbonyl (C=O) groups is 8. The molecule has 4 bridgehead atoms. The Bertz CT molecular complexity index is 3680. The van der Waals surface area contributed by atoms with Crippen LogP contribution in [0.1, 0.15) is 111 Å². The Balaban J connectivity index is 0.996. The molecule has 472 valence electrons. The Morgan fingerprint density at radius 3 is 0.946 bits per heavy atom. The summed E-state index contributed by atoms with van der Waals surface area (Å²) >= 11 is 0. The zero-order valence-corrected chi connectivity index (χ0v) is 49.6. The maximum absolute atomic E-state index is 14.9. The smallest absolute Gasteiger partial charge is 0.410 e. The van der Waals surface area contributed by atoms with Gasteiger partial charge in [-0.2, -0.15) is 0 Å². The van der Waals surface area contributed by atoms with Gasteiger partial charge in [-0.05, 0) is 141 Å². The predicted molar refractivity (Wildman–Crippen MR) is 324 cm³/mol. The van der Waals surface area contributed by atoms with Crippen molar-refractivity contribution in [1.82, 2.24) is 5.32 Å². The Morgan fingerprint density at radius 1 is 0.326 bits per heavy atom. The lowest BCUT2D eigenvalue weighted by molar-refractivity contribution is -0.351. The molecule has 7 aromatic carbocycles. The summed E-state index contributed by atoms with van der Waals surface area (Å²) in [5, 5.41) is 3.17. The average Bonchev–Trinajstić information content (AvgIpc) is 0.787. The molecule has 2 saturated heterocycles. The van der Waals surface area contributed by atoms with Crippen LogP contribution in [0, 0.1) is 17.8 Å². The Kier molecular flexibility index (Phi) is 19.2. The molecule has 10 atom stereocenters. The Morgan fingerprint density at radius 2 is 0.598 bits per heavy atom. The van der Waals surface area contributed by atoms with Crippen molar-refractivity contribution in [2.45, 2.75) is 105 Å². The number of hydrogen-bond acceptors (Lipinski definition) is 19. The summed E-state index contributed by atoms with van der Waals surface area (Å²) in [6, 6.07) is 54.6. The summed E-state index contributed by atoms with van der Waals surface area (Å²) in [5.74, 6) is -5.56. The number of amides is 1. The minimum absolute atomic E-state index is 0.00000258. The van der Waals surface area contributed by atoms with E-state index < -0.39 is 128 Å². The van der Waals surface area contributed by atoms with Crippen LogP contribution in [-0.2, 0) is 52.1 Å². The molecule has 4 aliphatic carbocycles. The predicted octanol–water partition coefficient (Wildman–Crippen LogP) is 10.4. The van der Waals surface area contributed by atoms with Crippen molar-refractivity contribution in [1.29, 1.82) is 0 Å². The first-order chi connectivity index (χ1) is 44.8. The lowest BCUT2D eigenvalue weighted by atomic mass is 9.53. The van der Waals surface area contributed by atoms with Gasteiger partial charge in [-0.15, -0.1) is 0 Å². The molecule has 6 fully saturated rings. The number of esters is 7. The normalized spacial score (nSPS) is 26.8. The van der Waals surface area contributed by atoms with Crippen molar-refractivity contribution in [2.75, 3.05) is 13.2 Å². The fraction of sp³-hybridized carbons (Fsp3) is 0.306. The summed E-state index contributed by atoms with van der Waals surface area (Å²) < 4.78 is 70.8. The largest absolute Gasteiger partial charge is 0.459 e. The Labute approximate surface area is 529 Å². The maximum atomic E-state index is 14.9. The molecule has 6 aliphatic rings. The van der Waals surface area contributed by atoms with Crippen molar-refractivity contribution in [3.8, 4) is 0 Å². The van der Waals surface area contributed by atoms with Gasteiger partial charge in [0.2, 0.25) is 12.4 Å². The summed E-state index contributed by atoms with van der Waals surface area (Å²) in [4.78, 5) is 116. The molecule has 1 N–H and O–H groups in total. The van der Waals surface area contributed by atoms with Gasteiger partial charge in [0.15, 0.2) is 30.7 Å². The molecule has 92 heavy (non-hydrogen) atoms. The van der Waals surface area contributed by atoms with Crippen molar-refractivity contribution >= 4 is 47.9 Å². The van der Waals surface area contributed by atoms with Crippen LogP contribution < -0.4 is 5.32 Å². The second-order valence-corrected chi connectivity index (χ2v) is 23.5. The van der Waals surface area contributed by atoms with E-state index in [4.69, 9.17) is 52.1 Å². The van der Waals surface area contributed by atoms with Crippen LogP contribution in [0.4, 0.5) is 4.79 Å². The quantitative estimate of drug-likeness (QED) is 0.0550. The fourth-order valence-electron chi connectivity index (χ4n) is 13.3. The first-order valence-electron chi connectivity index (χ1n) is 30.5. The highest BCUT2D eigenvalue weighted by Crippen LogP contribution is 2.55. The average molecular weight is 1250 g/mol. The van der Waals surface area contributed by atoms with Crippen molar-refractivity contribution in [3.63, 3.8) is 0 Å². The van der Waals surface area contributed by atoms with E-state index >= 15 is 0 Å². The third-order valence-electron chi connectivity index (χ3n) is 17.1. The standard InChI is InChI=1S/C72H65NO19/c74-62(47-22-8-1-9-23-47)82-42-54-56(86-64(76)49-26-12-3-13-27-49)58(87-65(77)50-28-14-4-15-29-50)60(89-67(79)52-32-18-6-19-33-52)69(84-54)91-57-55(43-83-63(75)48-24-10-2-11-25-48)85-70(92-71(81)73-72-39-44-36-45(40-72)38-46(37-44)41-72)61(90-68(80)53-34-20-7-21-35-53)59(57)88-66(78)51-30-16-5-17-31-51/h1-35,44-46,54-61,69-70H,36-43H2,(H,73,81)/t44?,45?,46?,54-,55-,56+,57-,58+,59+,60-,61-,69+,70+,72?/m1/s1. The van der Waals surface area contributed by atoms with Gasteiger partial charge in [0.25, 0.3) is 0 Å². The number of nitrogens with one attached hydrogen (secondary N) is 1. The minimum atomic E-state index is -2.12. The minimum Gasteiger partial charge on any atom is -0.459 e. The SMILES string of the molecule is O=C(NC12CC3CC(CC(C3)C1)C2)O[C@@H]1O[C@H](COC(=O)c2ccccc2)[C@@H](O[C@@H]2O[C@H](COC(=O)c3ccccc3)[C@H](OC(=O)c3ccccc3)[C@H](OC(=O)c3ccccc3)[C@H]2OC(=O)c2ccccc2)[C@H](OC(=O)c2ccccc2)[C@H]1OC(=O)c1ccccc1. The highest BCUT2D eigenvalue weighted by Gasteiger charge is 2.60. The molecule has 2 aliphatic heterocycles. The van der Waals surface area contributed by atoms with E-state index in [9.17, 15) is 38.4 Å². The second-order valence-electron chi connectivity index (χ2n) is 23.5. The van der Waals surface area contributed by atoms with E-state index in [2.05, 4.69) is 5.32 Å². The number of hydrogen-bond donors (Lipinski definition) is 1. The molecule has 2 heterocycles. The zero-order valence-electron chi connectivity index (χ0n) is 49.6. The van der Waals surface area contributed by atoms with Crippen LogP contribution in [0.25, 0.3) is 0 Å². The van der Waals surface area contributed by atoms with Crippen LogP contribution in [0.2, 0.25) is 0 Å². The third-order valence-corrected chi connectivity index (χ3v) is 17.1. The number of carbonyl (C=O) groups excluding carboxylic acids is 8. The highest BCUT2D eigenvalue weighted by molar-refractivity contribution is 5.93. The van der Waals surface area contributed by atoms with E-state index in [-0.39, 0.29) is 38.9 Å². The summed E-state index contributed by atoms with van der Waals surface area (Å²) in [6.45, 7) is -1.55. The maximum Gasteiger partial charge on any atom is 0.410 e. The lowest BCUT2D eigenvalue weighted by Gasteiger charge is -2.56. The van der Waals surface area contributed by atoms with Gasteiger partial charge in [-0.25, -0.2) is 38.4 Å². The molecule has 0 radical (unpaired) electrons. The molecule has 0 spiro atoms. The molecule has 7 aromatic rings. The highest BCUT2D eigenvalue weighted by atomic mass is 16.8. The topological polar surface area (TPSA) is 250 Å². The molecule has 13 rings (SSSR count). The summed E-state index contributed by atoms with van der Waals surface area (Å²) in [6.07, 6.45) is -14.8. The van der Waals surface area contributed by atoms with Gasteiger partial charge >= 0.3 is 47.9 Å². The first-order valence-corrected chi connectivity index (χ1v) is 30.5. The van der Waals surface area contributed by atoms with Crippen molar-refractivity contribution in [3.05, 3.63) is 251 Å². The van der Waals surface area contributed by atoms with Crippen LogP contribution in [0.15, 0.2) is 212 Å². The summed E-state index contributed by atoms with van der Waals surface area (Å²) in [5.41, 5.74) is -0.356. The molecule has 0 aromatic heterocycles. The lowest BCUT2D eigenvalue weighted by Crippen LogP contribution is -2.68. The molecular weight excluding hydrogens is 1180 g/mol. The number of ether oxygens (including phenoxy) is 11. The van der Waals surface area contributed by atoms with Crippen LogP contribution in [0.5, 0.6) is 0 Å². The molecule has 0 unspecified atom stereocenters. The van der Waals surface area contributed by atoms with Gasteiger partial charge in [-0.1, -0.05) is 127 Å². The van der Waals surface area contributed by atoms with E-state index in [1.807, 2.05) is 0 Å². The van der Waals surface area contributed by atoms with Crippen LogP contribution in [-0.4, -0.2) is 128 Å². The fourth-order valence-corrected chi connectivity index (χ4v) is 13.3. The van der Waals surface area contributed by atoms with Gasteiger partial charge in [-0.3, -0.25) is 0 Å². The first kappa shape index (κ1) is 62.2. The molecule has 20 nitrogen and oxygen atoms in total. The number of rotatable bonds is 20. The molecular formula is C72H65NO19. The van der Waals surface area contributed by atoms with E-state index in [0.717, 1.165) is 38.5 Å². The van der Waals surface area contributed by atoms with E-state index in [1.54, 1.807) is 127 Å². The zero-order chi connectivity index (χ0) is 63.6. The van der Waals surface area contributed by atoms with Crippen LogP contribution >= 0.6 is 0 Å². The monoisotopic (exact) mass is 1250 g/mol. The number of alkyl carbamates (subject to hydrolysis) is 1. The number of benzene rings is 7. The Hall–Kier alpha value is -10.0. The van der Waals surface area contributed by atoms with Gasteiger partial charge in [0.05, 0.1) is 38.9 Å². The van der Waals surface area contributed by atoms with Crippen molar-refractivity contribution < 1.29 is 90.5 Å². The van der Waals surface area contributed by atoms with Gasteiger partial charge in [0.1, 0.15) is 31.5 Å². The van der Waals surface area contributed by atoms with Crippen molar-refractivity contribution in [2.24, 2.45) is 17.8 Å². The van der Waals surface area contributed by atoms with Gasteiger partial charge < -0.3 is 57.4 Å². The summed E-state index contributed by atoms with van der Waals surface area (Å²) in [7, 11) is 0. The van der Waals surface area contributed by atoms with E-state index in [1.165, 1.54) is 84.9 Å². The molecule has 20 heteroatoms. The van der Waals surface area contributed by atoms with E-state index in [0.29, 0.717) is 17.8 Å². The molecule has 4 saturated carbocycles. The molecule has 1 amide bonds. The second kappa shape index (κ2) is 28.4. The van der Waals surface area contributed by atoms with Gasteiger partial charge in [0, 0.05) is 5.54 Å².